The molecule has 0 aliphatic heterocycles. The highest BCUT2D eigenvalue weighted by Crippen LogP contribution is 2.30. The summed E-state index contributed by atoms with van der Waals surface area (Å²) in [4.78, 5) is 29.1. The van der Waals surface area contributed by atoms with Crippen LogP contribution in [-0.4, -0.2) is 22.0 Å². The van der Waals surface area contributed by atoms with Crippen molar-refractivity contribution in [3.63, 3.8) is 0 Å². The number of anilines is 2. The Hall–Kier alpha value is -3.13. The highest BCUT2D eigenvalue weighted by Gasteiger charge is 2.29. The summed E-state index contributed by atoms with van der Waals surface area (Å²) in [6, 6.07) is 12.5. The summed E-state index contributed by atoms with van der Waals surface area (Å²) in [5.74, 6) is 1.19. The number of carbonyl (C=O) groups excluding carboxylic acids is 2. The van der Waals surface area contributed by atoms with Crippen LogP contribution in [0.5, 0.6) is 0 Å². The number of nitrogens with zero attached hydrogens (tertiary/aromatic N) is 2. The monoisotopic (exact) mass is 408 g/mol. The van der Waals surface area contributed by atoms with Crippen molar-refractivity contribution in [3.05, 3.63) is 65.7 Å². The molecule has 1 aliphatic rings. The van der Waals surface area contributed by atoms with E-state index in [1.54, 1.807) is 42.6 Å². The molecule has 0 atom stereocenters. The highest BCUT2D eigenvalue weighted by atomic mass is 32.2. The third kappa shape index (κ3) is 5.03. The van der Waals surface area contributed by atoms with Gasteiger partial charge in [0.15, 0.2) is 0 Å². The predicted octanol–water partition coefficient (Wildman–Crippen LogP) is 4.27. The molecule has 2 aromatic heterocycles. The molecule has 0 unspecified atom stereocenters. The summed E-state index contributed by atoms with van der Waals surface area (Å²) in [6.07, 6.45) is 3.54. The molecule has 1 aliphatic carbocycles. The van der Waals surface area contributed by atoms with Crippen molar-refractivity contribution in [1.29, 1.82) is 0 Å². The second-order valence-corrected chi connectivity index (χ2v) is 7.84. The summed E-state index contributed by atoms with van der Waals surface area (Å²) in [6.45, 7) is 1.84. The summed E-state index contributed by atoms with van der Waals surface area (Å²) < 4.78 is 5.07. The number of thioether (sulfide) groups is 1. The molecule has 2 heterocycles. The molecular weight excluding hydrogens is 388 g/mol. The normalized spacial score (nSPS) is 13.1. The molecule has 1 aromatic carbocycles. The van der Waals surface area contributed by atoms with Gasteiger partial charge in [-0.25, -0.2) is 4.98 Å². The van der Waals surface area contributed by atoms with Crippen molar-refractivity contribution in [2.45, 2.75) is 30.5 Å². The number of hydrogen-bond acceptors (Lipinski definition) is 6. The van der Waals surface area contributed by atoms with Gasteiger partial charge in [-0.3, -0.25) is 9.59 Å². The third-order valence-electron chi connectivity index (χ3n) is 4.39. The van der Waals surface area contributed by atoms with Crippen molar-refractivity contribution in [1.82, 2.24) is 10.1 Å². The van der Waals surface area contributed by atoms with Gasteiger partial charge in [0.05, 0.1) is 11.3 Å². The zero-order valence-corrected chi connectivity index (χ0v) is 16.7. The van der Waals surface area contributed by atoms with Crippen molar-refractivity contribution in [2.75, 3.05) is 10.6 Å². The highest BCUT2D eigenvalue weighted by molar-refractivity contribution is 7.98. The summed E-state index contributed by atoms with van der Waals surface area (Å²) >= 11 is 1.42. The minimum Gasteiger partial charge on any atom is -0.361 e. The van der Waals surface area contributed by atoms with Gasteiger partial charge < -0.3 is 15.2 Å². The van der Waals surface area contributed by atoms with Gasteiger partial charge in [0.25, 0.3) is 5.91 Å². The van der Waals surface area contributed by atoms with Gasteiger partial charge >= 0.3 is 0 Å². The van der Waals surface area contributed by atoms with Crippen LogP contribution in [0.1, 0.15) is 34.7 Å². The van der Waals surface area contributed by atoms with E-state index in [1.807, 2.05) is 13.0 Å². The number of rotatable bonds is 7. The lowest BCUT2D eigenvalue weighted by molar-refractivity contribution is -0.117. The molecule has 29 heavy (non-hydrogen) atoms. The maximum atomic E-state index is 12.8. The van der Waals surface area contributed by atoms with Gasteiger partial charge in [0.1, 0.15) is 10.8 Å². The molecule has 1 saturated carbocycles. The maximum Gasteiger partial charge on any atom is 0.258 e. The minimum absolute atomic E-state index is 0.0301. The van der Waals surface area contributed by atoms with E-state index < -0.39 is 0 Å². The molecule has 7 nitrogen and oxygen atoms in total. The van der Waals surface area contributed by atoms with E-state index >= 15 is 0 Å². The molecule has 8 heteroatoms. The van der Waals surface area contributed by atoms with Crippen LogP contribution >= 0.6 is 11.8 Å². The Morgan fingerprint density at radius 1 is 1.14 bits per heavy atom. The smallest absolute Gasteiger partial charge is 0.258 e. The first-order chi connectivity index (χ1) is 14.1. The Labute approximate surface area is 172 Å². The van der Waals surface area contributed by atoms with E-state index in [4.69, 9.17) is 4.52 Å². The molecule has 3 aromatic rings. The Morgan fingerprint density at radius 2 is 1.93 bits per heavy atom. The SMILES string of the molecule is Cc1cc(CSc2ncccc2C(=O)Nc2cccc(NC(=O)C3CC3)c2)no1. The molecule has 148 valence electrons. The summed E-state index contributed by atoms with van der Waals surface area (Å²) in [5.41, 5.74) is 2.55. The van der Waals surface area contributed by atoms with Crippen molar-refractivity contribution >= 4 is 35.0 Å². The number of carbonyl (C=O) groups is 2. The molecule has 2 amide bonds. The largest absolute Gasteiger partial charge is 0.361 e. The lowest BCUT2D eigenvalue weighted by Crippen LogP contribution is -2.15. The molecular formula is C21H20N4O3S. The average molecular weight is 408 g/mol. The van der Waals surface area contributed by atoms with E-state index in [1.165, 1.54) is 11.8 Å². The molecule has 4 rings (SSSR count). The number of benzene rings is 1. The molecule has 0 radical (unpaired) electrons. The number of aromatic nitrogens is 2. The average Bonchev–Trinajstić information content (AvgIpc) is 3.49. The lowest BCUT2D eigenvalue weighted by Gasteiger charge is -2.10. The first-order valence-electron chi connectivity index (χ1n) is 9.31. The topological polar surface area (TPSA) is 97.1 Å². The van der Waals surface area contributed by atoms with Crippen LogP contribution < -0.4 is 10.6 Å². The van der Waals surface area contributed by atoms with Crippen molar-refractivity contribution < 1.29 is 14.1 Å². The second kappa shape index (κ2) is 8.48. The molecule has 1 fully saturated rings. The van der Waals surface area contributed by atoms with E-state index in [9.17, 15) is 9.59 Å². The summed E-state index contributed by atoms with van der Waals surface area (Å²) in [5, 5.41) is 10.3. The van der Waals surface area contributed by atoms with Crippen LogP contribution in [0.25, 0.3) is 0 Å². The van der Waals surface area contributed by atoms with E-state index in [2.05, 4.69) is 20.8 Å². The van der Waals surface area contributed by atoms with Gasteiger partial charge in [0, 0.05) is 35.3 Å². The van der Waals surface area contributed by atoms with E-state index in [0.717, 1.165) is 24.3 Å². The lowest BCUT2D eigenvalue weighted by atomic mass is 10.2. The van der Waals surface area contributed by atoms with Gasteiger partial charge in [-0.2, -0.15) is 0 Å². The van der Waals surface area contributed by atoms with Gasteiger partial charge in [0.2, 0.25) is 5.91 Å². The number of aryl methyl sites for hydroxylation is 1. The van der Waals surface area contributed by atoms with Crippen LogP contribution in [0, 0.1) is 12.8 Å². The quantitative estimate of drug-likeness (QED) is 0.567. The number of pyridine rings is 1. The fourth-order valence-corrected chi connectivity index (χ4v) is 3.64. The van der Waals surface area contributed by atoms with Crippen molar-refractivity contribution in [2.24, 2.45) is 5.92 Å². The third-order valence-corrected chi connectivity index (χ3v) is 5.42. The predicted molar refractivity (Wildman–Crippen MR) is 111 cm³/mol. The Balaban J connectivity index is 1.43. The zero-order valence-electron chi connectivity index (χ0n) is 15.8. The van der Waals surface area contributed by atoms with Crippen LogP contribution in [0.15, 0.2) is 58.2 Å². The summed E-state index contributed by atoms with van der Waals surface area (Å²) in [7, 11) is 0. The van der Waals surface area contributed by atoms with Crippen molar-refractivity contribution in [3.8, 4) is 0 Å². The van der Waals surface area contributed by atoms with Gasteiger partial charge in [-0.15, -0.1) is 0 Å². The molecule has 0 spiro atoms. The minimum atomic E-state index is -0.261. The number of hydrogen-bond donors (Lipinski definition) is 2. The van der Waals surface area contributed by atoms with Crippen LogP contribution in [-0.2, 0) is 10.5 Å². The first-order valence-corrected chi connectivity index (χ1v) is 10.3. The van der Waals surface area contributed by atoms with Crippen LogP contribution in [0.3, 0.4) is 0 Å². The zero-order chi connectivity index (χ0) is 20.2. The number of nitrogens with one attached hydrogen (secondary N) is 2. The molecule has 2 N–H and O–H groups in total. The van der Waals surface area contributed by atoms with Gasteiger partial charge in [-0.05, 0) is 50.1 Å². The standard InChI is InChI=1S/C21H20N4O3S/c1-13-10-17(25-28-13)12-29-21-18(6-3-9-22-21)20(27)24-16-5-2-4-15(11-16)23-19(26)14-7-8-14/h2-6,9-11,14H,7-8,12H2,1H3,(H,23,26)(H,24,27). The Kier molecular flexibility index (Phi) is 5.62. The van der Waals surface area contributed by atoms with Gasteiger partial charge in [-0.1, -0.05) is 23.0 Å². The van der Waals surface area contributed by atoms with E-state index in [0.29, 0.717) is 27.7 Å². The van der Waals surface area contributed by atoms with E-state index in [-0.39, 0.29) is 17.7 Å². The number of amides is 2. The second-order valence-electron chi connectivity index (χ2n) is 6.87. The molecule has 0 bridgehead atoms. The van der Waals surface area contributed by atoms with Crippen LogP contribution in [0.4, 0.5) is 11.4 Å². The fraction of sp³-hybridized carbons (Fsp3) is 0.238. The molecule has 0 saturated heterocycles. The Morgan fingerprint density at radius 3 is 2.66 bits per heavy atom. The Bertz CT molecular complexity index is 1050. The first kappa shape index (κ1) is 19.2. The van der Waals surface area contributed by atoms with Crippen LogP contribution in [0.2, 0.25) is 0 Å². The fourth-order valence-electron chi connectivity index (χ4n) is 2.77. The maximum absolute atomic E-state index is 12.8.